The fourth-order valence-electron chi connectivity index (χ4n) is 2.30. The van der Waals surface area contributed by atoms with Crippen LogP contribution in [0.1, 0.15) is 30.9 Å². The van der Waals surface area contributed by atoms with E-state index in [2.05, 4.69) is 4.72 Å². The molecule has 0 radical (unpaired) electrons. The van der Waals surface area contributed by atoms with E-state index >= 15 is 0 Å². The van der Waals surface area contributed by atoms with E-state index in [1.807, 2.05) is 13.0 Å². The topological polar surface area (TPSA) is 79.2 Å². The van der Waals surface area contributed by atoms with Gasteiger partial charge in [0.1, 0.15) is 0 Å². The van der Waals surface area contributed by atoms with Crippen molar-refractivity contribution in [2.45, 2.75) is 31.1 Å². The second-order valence-corrected chi connectivity index (χ2v) is 7.03. The molecule has 1 aromatic carbocycles. The summed E-state index contributed by atoms with van der Waals surface area (Å²) in [6, 6.07) is 8.78. The van der Waals surface area contributed by atoms with Crippen LogP contribution in [0.25, 0.3) is 0 Å². The van der Waals surface area contributed by atoms with Crippen LogP contribution in [0.5, 0.6) is 0 Å². The van der Waals surface area contributed by atoms with Gasteiger partial charge in [0, 0.05) is 18.8 Å². The minimum Gasteiger partial charge on any atom is -0.381 e. The highest BCUT2D eigenvalue weighted by atomic mass is 32.2. The first kappa shape index (κ1) is 15.0. The Bertz CT molecular complexity index is 614. The molecular weight excluding hydrogens is 276 g/mol. The van der Waals surface area contributed by atoms with Crippen molar-refractivity contribution < 1.29 is 13.2 Å². The molecule has 0 atom stereocenters. The second-order valence-electron chi connectivity index (χ2n) is 5.30. The summed E-state index contributed by atoms with van der Waals surface area (Å²) < 4.78 is 32.6. The summed E-state index contributed by atoms with van der Waals surface area (Å²) in [4.78, 5) is 0. The first-order valence-corrected chi connectivity index (χ1v) is 8.17. The number of nitrogens with one attached hydrogen (secondary N) is 1. The highest BCUT2D eigenvalue weighted by molar-refractivity contribution is 7.88. The average molecular weight is 294 g/mol. The van der Waals surface area contributed by atoms with E-state index in [4.69, 9.17) is 10.00 Å². The Morgan fingerprint density at radius 2 is 2.00 bits per heavy atom. The number of benzene rings is 1. The molecule has 1 saturated heterocycles. The molecule has 1 N–H and O–H groups in total. The summed E-state index contributed by atoms with van der Waals surface area (Å²) in [5, 5.41) is 9.01. The summed E-state index contributed by atoms with van der Waals surface area (Å²) in [6.45, 7) is 3.02. The summed E-state index contributed by atoms with van der Waals surface area (Å²) in [5.41, 5.74) is 0.465. The molecule has 6 heteroatoms. The summed E-state index contributed by atoms with van der Waals surface area (Å²) in [5.74, 6) is -0.173. The lowest BCUT2D eigenvalue weighted by atomic mass is 9.94. The molecule has 1 aliphatic heterocycles. The van der Waals surface area contributed by atoms with E-state index in [9.17, 15) is 8.42 Å². The van der Waals surface area contributed by atoms with Crippen molar-refractivity contribution in [1.82, 2.24) is 4.72 Å². The van der Waals surface area contributed by atoms with E-state index in [0.717, 1.165) is 0 Å². The Kier molecular flexibility index (Phi) is 4.43. The molecule has 0 aliphatic carbocycles. The van der Waals surface area contributed by atoms with Crippen molar-refractivity contribution in [3.8, 4) is 6.07 Å². The predicted molar refractivity (Wildman–Crippen MR) is 75.4 cm³/mol. The van der Waals surface area contributed by atoms with Crippen molar-refractivity contribution in [3.63, 3.8) is 0 Å². The van der Waals surface area contributed by atoms with E-state index < -0.39 is 15.6 Å². The largest absolute Gasteiger partial charge is 0.381 e. The molecule has 5 nitrogen and oxygen atoms in total. The monoisotopic (exact) mass is 294 g/mol. The third-order valence-corrected chi connectivity index (χ3v) is 4.98. The van der Waals surface area contributed by atoms with Crippen LogP contribution < -0.4 is 4.72 Å². The molecule has 20 heavy (non-hydrogen) atoms. The molecular formula is C14H18N2O3S. The number of hydrogen-bond acceptors (Lipinski definition) is 4. The van der Waals surface area contributed by atoms with E-state index in [1.54, 1.807) is 24.3 Å². The molecule has 108 valence electrons. The van der Waals surface area contributed by atoms with E-state index in [-0.39, 0.29) is 5.75 Å². The molecule has 0 spiro atoms. The lowest BCUT2D eigenvalue weighted by Crippen LogP contribution is -2.49. The first-order chi connectivity index (χ1) is 9.44. The van der Waals surface area contributed by atoms with Gasteiger partial charge in [-0.25, -0.2) is 13.1 Å². The normalized spacial score (nSPS) is 18.4. The Morgan fingerprint density at radius 1 is 1.35 bits per heavy atom. The predicted octanol–water partition coefficient (Wildman–Crippen LogP) is 1.55. The van der Waals surface area contributed by atoms with Gasteiger partial charge in [-0.1, -0.05) is 18.2 Å². The Balaban J connectivity index is 2.13. The zero-order chi connectivity index (χ0) is 14.6. The Hall–Kier alpha value is -1.42. The van der Waals surface area contributed by atoms with Crippen molar-refractivity contribution in [2.24, 2.45) is 0 Å². The zero-order valence-electron chi connectivity index (χ0n) is 11.4. The minimum atomic E-state index is -3.48. The van der Waals surface area contributed by atoms with Crippen LogP contribution in [-0.2, 0) is 20.5 Å². The maximum absolute atomic E-state index is 12.3. The van der Waals surface area contributed by atoms with Crippen LogP contribution in [-0.4, -0.2) is 27.2 Å². The number of nitriles is 1. The number of ether oxygens (including phenoxy) is 1. The fraction of sp³-hybridized carbons (Fsp3) is 0.500. The Labute approximate surface area is 119 Å². The van der Waals surface area contributed by atoms with Crippen molar-refractivity contribution in [3.05, 3.63) is 35.4 Å². The van der Waals surface area contributed by atoms with Gasteiger partial charge in [0.25, 0.3) is 0 Å². The van der Waals surface area contributed by atoms with Crippen LogP contribution in [0.15, 0.2) is 24.3 Å². The van der Waals surface area contributed by atoms with Crippen LogP contribution >= 0.6 is 0 Å². The molecule has 1 fully saturated rings. The van der Waals surface area contributed by atoms with Crippen LogP contribution in [0, 0.1) is 11.3 Å². The van der Waals surface area contributed by atoms with Crippen LogP contribution in [0.2, 0.25) is 0 Å². The third-order valence-electron chi connectivity index (χ3n) is 3.48. The fourth-order valence-corrected chi connectivity index (χ4v) is 3.98. The second kappa shape index (κ2) is 5.92. The highest BCUT2D eigenvalue weighted by Crippen LogP contribution is 2.22. The lowest BCUT2D eigenvalue weighted by Gasteiger charge is -2.34. The number of sulfonamides is 1. The molecule has 0 aromatic heterocycles. The average Bonchev–Trinajstić information content (AvgIpc) is 2.38. The maximum atomic E-state index is 12.3. The first-order valence-electron chi connectivity index (χ1n) is 6.52. The van der Waals surface area contributed by atoms with Crippen molar-refractivity contribution in [2.75, 3.05) is 13.2 Å². The Morgan fingerprint density at radius 3 is 2.65 bits per heavy atom. The molecule has 1 aliphatic rings. The van der Waals surface area contributed by atoms with Gasteiger partial charge in [-0.05, 0) is 31.4 Å². The molecule has 0 unspecified atom stereocenters. The molecule has 0 amide bonds. The van der Waals surface area contributed by atoms with Gasteiger partial charge in [-0.15, -0.1) is 0 Å². The third kappa shape index (κ3) is 3.79. The quantitative estimate of drug-likeness (QED) is 0.913. The SMILES string of the molecule is CC1(NS(=O)(=O)Cc2ccccc2C#N)CCOCC1. The van der Waals surface area contributed by atoms with Crippen LogP contribution in [0.4, 0.5) is 0 Å². The van der Waals surface area contributed by atoms with Gasteiger partial charge in [0.05, 0.1) is 17.4 Å². The standard InChI is InChI=1S/C14H18N2O3S/c1-14(6-8-19-9-7-14)16-20(17,18)11-13-5-3-2-4-12(13)10-15/h2-5,16H,6-9,11H2,1H3. The lowest BCUT2D eigenvalue weighted by molar-refractivity contribution is 0.0537. The van der Waals surface area contributed by atoms with Gasteiger partial charge in [0.2, 0.25) is 10.0 Å². The zero-order valence-corrected chi connectivity index (χ0v) is 12.2. The summed E-state index contributed by atoms with van der Waals surface area (Å²) >= 11 is 0. The van der Waals surface area contributed by atoms with Gasteiger partial charge in [-0.2, -0.15) is 5.26 Å². The van der Waals surface area contributed by atoms with Gasteiger partial charge in [0.15, 0.2) is 0 Å². The highest BCUT2D eigenvalue weighted by Gasteiger charge is 2.32. The maximum Gasteiger partial charge on any atom is 0.216 e. The van der Waals surface area contributed by atoms with E-state index in [0.29, 0.717) is 37.2 Å². The van der Waals surface area contributed by atoms with Gasteiger partial charge >= 0.3 is 0 Å². The van der Waals surface area contributed by atoms with Gasteiger partial charge in [-0.3, -0.25) is 0 Å². The minimum absolute atomic E-state index is 0.173. The number of rotatable bonds is 4. The van der Waals surface area contributed by atoms with Crippen molar-refractivity contribution in [1.29, 1.82) is 5.26 Å². The molecule has 0 bridgehead atoms. The summed E-state index contributed by atoms with van der Waals surface area (Å²) in [7, 11) is -3.48. The molecule has 0 saturated carbocycles. The number of hydrogen-bond donors (Lipinski definition) is 1. The van der Waals surface area contributed by atoms with Crippen LogP contribution in [0.3, 0.4) is 0 Å². The molecule has 1 heterocycles. The smallest absolute Gasteiger partial charge is 0.216 e. The van der Waals surface area contributed by atoms with E-state index in [1.165, 1.54) is 0 Å². The molecule has 1 aromatic rings. The van der Waals surface area contributed by atoms with Gasteiger partial charge < -0.3 is 4.74 Å². The molecule has 2 rings (SSSR count). The van der Waals surface area contributed by atoms with Crippen molar-refractivity contribution >= 4 is 10.0 Å². The number of nitrogens with zero attached hydrogens (tertiary/aromatic N) is 1. The summed E-state index contributed by atoms with van der Waals surface area (Å²) in [6.07, 6.45) is 1.32.